The van der Waals surface area contributed by atoms with Crippen LogP contribution in [0.2, 0.25) is 0 Å². The molecule has 0 bridgehead atoms. The van der Waals surface area contributed by atoms with Crippen LogP contribution in [-0.4, -0.2) is 35.7 Å². The molecule has 130 valence electrons. The van der Waals surface area contributed by atoms with Gasteiger partial charge in [-0.15, -0.1) is 0 Å². The van der Waals surface area contributed by atoms with E-state index in [4.69, 9.17) is 9.72 Å². The molecule has 2 aromatic rings. The van der Waals surface area contributed by atoms with Gasteiger partial charge in [0, 0.05) is 32.5 Å². The number of para-hydroxylation sites is 2. The highest BCUT2D eigenvalue weighted by molar-refractivity contribution is 5.80. The quantitative estimate of drug-likeness (QED) is 0.682. The predicted octanol–water partition coefficient (Wildman–Crippen LogP) is 2.92. The van der Waals surface area contributed by atoms with Gasteiger partial charge >= 0.3 is 0 Å². The smallest absolute Gasteiger partial charge is 0.223 e. The molecular weight excluding hydrogens is 302 g/mol. The molecule has 1 aromatic heterocycles. The molecule has 0 atom stereocenters. The Kier molecular flexibility index (Phi) is 5.86. The minimum Gasteiger partial charge on any atom is -0.383 e. The summed E-state index contributed by atoms with van der Waals surface area (Å²) in [7, 11) is 1.73. The maximum atomic E-state index is 11.6. The summed E-state index contributed by atoms with van der Waals surface area (Å²) in [5, 5.41) is 3.03. The third kappa shape index (κ3) is 4.35. The number of amides is 1. The molecular formula is C19H27N3O2. The Morgan fingerprint density at radius 2 is 2.12 bits per heavy atom. The minimum absolute atomic E-state index is 0.247. The average molecular weight is 329 g/mol. The number of carbonyl (C=O) groups excluding carboxylic acids is 1. The molecule has 1 N–H and O–H groups in total. The second kappa shape index (κ2) is 8.29. The van der Waals surface area contributed by atoms with Gasteiger partial charge in [0.1, 0.15) is 5.82 Å². The van der Waals surface area contributed by atoms with Gasteiger partial charge in [-0.2, -0.15) is 0 Å². The summed E-state index contributed by atoms with van der Waals surface area (Å²) in [5.74, 6) is 1.69. The molecule has 1 fully saturated rings. The highest BCUT2D eigenvalue weighted by Gasteiger charge is 2.28. The Morgan fingerprint density at radius 1 is 1.29 bits per heavy atom. The van der Waals surface area contributed by atoms with Crippen molar-refractivity contribution in [2.75, 3.05) is 20.3 Å². The third-order valence-corrected chi connectivity index (χ3v) is 4.58. The number of aryl methyl sites for hydroxylation is 1. The molecule has 1 amide bonds. The molecule has 0 aliphatic heterocycles. The minimum atomic E-state index is 0.247. The van der Waals surface area contributed by atoms with Crippen molar-refractivity contribution in [3.05, 3.63) is 30.1 Å². The van der Waals surface area contributed by atoms with Gasteiger partial charge in [-0.3, -0.25) is 4.79 Å². The molecule has 24 heavy (non-hydrogen) atoms. The number of nitrogens with one attached hydrogen (secondary N) is 1. The molecule has 1 heterocycles. The van der Waals surface area contributed by atoms with Crippen molar-refractivity contribution in [3.8, 4) is 0 Å². The van der Waals surface area contributed by atoms with Crippen molar-refractivity contribution >= 4 is 16.9 Å². The number of carbonyl (C=O) groups is 1. The summed E-state index contributed by atoms with van der Waals surface area (Å²) in [4.78, 5) is 16.3. The number of hydrogen-bond donors (Lipinski definition) is 1. The molecule has 1 aliphatic rings. The molecule has 5 heteroatoms. The monoisotopic (exact) mass is 329 g/mol. The summed E-state index contributed by atoms with van der Waals surface area (Å²) >= 11 is 0. The number of ether oxygens (including phenoxy) is 1. The van der Waals surface area contributed by atoms with Gasteiger partial charge in [0.25, 0.3) is 0 Å². The van der Waals surface area contributed by atoms with Crippen molar-refractivity contribution in [2.24, 2.45) is 5.92 Å². The van der Waals surface area contributed by atoms with Crippen molar-refractivity contribution in [1.82, 2.24) is 14.9 Å². The van der Waals surface area contributed by atoms with Crippen LogP contribution in [0.5, 0.6) is 0 Å². The van der Waals surface area contributed by atoms with Crippen LogP contribution in [-0.2, 0) is 22.5 Å². The number of hydrogen-bond acceptors (Lipinski definition) is 3. The van der Waals surface area contributed by atoms with E-state index < -0.39 is 0 Å². The molecule has 1 saturated carbocycles. The van der Waals surface area contributed by atoms with Crippen LogP contribution in [0.1, 0.15) is 37.9 Å². The molecule has 1 aliphatic carbocycles. The Labute approximate surface area is 143 Å². The molecule has 0 radical (unpaired) electrons. The van der Waals surface area contributed by atoms with Crippen LogP contribution in [0.15, 0.2) is 24.3 Å². The number of benzene rings is 1. The van der Waals surface area contributed by atoms with Gasteiger partial charge in [0.2, 0.25) is 5.91 Å². The van der Waals surface area contributed by atoms with E-state index in [1.165, 1.54) is 5.52 Å². The first-order chi connectivity index (χ1) is 11.8. The zero-order chi connectivity index (χ0) is 16.8. The highest BCUT2D eigenvalue weighted by atomic mass is 16.5. The zero-order valence-electron chi connectivity index (χ0n) is 14.5. The van der Waals surface area contributed by atoms with E-state index in [-0.39, 0.29) is 5.91 Å². The molecule has 5 nitrogen and oxygen atoms in total. The maximum absolute atomic E-state index is 11.6. The van der Waals surface area contributed by atoms with Crippen molar-refractivity contribution in [3.63, 3.8) is 0 Å². The van der Waals surface area contributed by atoms with Gasteiger partial charge in [0.05, 0.1) is 17.6 Å². The van der Waals surface area contributed by atoms with Crippen LogP contribution in [0.3, 0.4) is 0 Å². The molecule has 3 rings (SSSR count). The first kappa shape index (κ1) is 17.0. The number of unbranched alkanes of at least 4 members (excludes halogenated alkanes) is 2. The van der Waals surface area contributed by atoms with Gasteiger partial charge in [-0.05, 0) is 37.8 Å². The largest absolute Gasteiger partial charge is 0.383 e. The first-order valence-electron chi connectivity index (χ1n) is 9.00. The molecule has 1 aromatic carbocycles. The van der Waals surface area contributed by atoms with Crippen LogP contribution < -0.4 is 5.32 Å². The van der Waals surface area contributed by atoms with E-state index in [2.05, 4.69) is 28.1 Å². The topological polar surface area (TPSA) is 56.1 Å². The molecule has 0 spiro atoms. The SMILES string of the molecule is COCCn1c(CCCCCNC(=O)C2CC2)nc2ccccc21. The van der Waals surface area contributed by atoms with E-state index in [1.807, 2.05) is 6.07 Å². The van der Waals surface area contributed by atoms with Gasteiger partial charge in [-0.1, -0.05) is 18.6 Å². The predicted molar refractivity (Wildman–Crippen MR) is 94.9 cm³/mol. The van der Waals surface area contributed by atoms with Crippen LogP contribution in [0, 0.1) is 5.92 Å². The standard InChI is InChI=1S/C19H27N3O2/c1-24-14-13-22-17-8-5-4-7-16(17)21-18(22)9-3-2-6-12-20-19(23)15-10-11-15/h4-5,7-8,15H,2-3,6,9-14H2,1H3,(H,20,23). The van der Waals surface area contributed by atoms with Crippen LogP contribution in [0.25, 0.3) is 11.0 Å². The van der Waals surface area contributed by atoms with E-state index in [0.29, 0.717) is 12.5 Å². The first-order valence-corrected chi connectivity index (χ1v) is 9.00. The maximum Gasteiger partial charge on any atom is 0.223 e. The average Bonchev–Trinajstić information content (AvgIpc) is 3.39. The summed E-state index contributed by atoms with van der Waals surface area (Å²) in [6.07, 6.45) is 6.35. The van der Waals surface area contributed by atoms with Gasteiger partial charge in [0.15, 0.2) is 0 Å². The Morgan fingerprint density at radius 3 is 2.92 bits per heavy atom. The van der Waals surface area contributed by atoms with Crippen molar-refractivity contribution in [1.29, 1.82) is 0 Å². The number of rotatable bonds is 10. The van der Waals surface area contributed by atoms with Crippen LogP contribution in [0.4, 0.5) is 0 Å². The van der Waals surface area contributed by atoms with Gasteiger partial charge in [-0.25, -0.2) is 4.98 Å². The number of fused-ring (bicyclic) bond motifs is 1. The van der Waals surface area contributed by atoms with E-state index in [1.54, 1.807) is 7.11 Å². The number of methoxy groups -OCH3 is 1. The lowest BCUT2D eigenvalue weighted by molar-refractivity contribution is -0.122. The molecule has 0 saturated heterocycles. The second-order valence-corrected chi connectivity index (χ2v) is 6.54. The second-order valence-electron chi connectivity index (χ2n) is 6.54. The fourth-order valence-electron chi connectivity index (χ4n) is 3.03. The Bertz CT molecular complexity index is 676. The summed E-state index contributed by atoms with van der Waals surface area (Å²) < 4.78 is 7.51. The lowest BCUT2D eigenvalue weighted by atomic mass is 10.2. The summed E-state index contributed by atoms with van der Waals surface area (Å²) in [6, 6.07) is 8.27. The number of imidazole rings is 1. The van der Waals surface area contributed by atoms with E-state index in [0.717, 1.165) is 63.0 Å². The third-order valence-electron chi connectivity index (χ3n) is 4.58. The Hall–Kier alpha value is -1.88. The van der Waals surface area contributed by atoms with E-state index >= 15 is 0 Å². The summed E-state index contributed by atoms with van der Waals surface area (Å²) in [6.45, 7) is 2.33. The zero-order valence-corrected chi connectivity index (χ0v) is 14.5. The fraction of sp³-hybridized carbons (Fsp3) is 0.579. The highest BCUT2D eigenvalue weighted by Crippen LogP contribution is 2.28. The normalized spacial score (nSPS) is 14.2. The lowest BCUT2D eigenvalue weighted by Crippen LogP contribution is -2.25. The number of aromatic nitrogens is 2. The summed E-state index contributed by atoms with van der Waals surface area (Å²) in [5.41, 5.74) is 2.24. The van der Waals surface area contributed by atoms with Crippen molar-refractivity contribution < 1.29 is 9.53 Å². The van der Waals surface area contributed by atoms with Crippen molar-refractivity contribution in [2.45, 2.75) is 45.1 Å². The van der Waals surface area contributed by atoms with Gasteiger partial charge < -0.3 is 14.6 Å². The fourth-order valence-corrected chi connectivity index (χ4v) is 3.03. The van der Waals surface area contributed by atoms with Crippen LogP contribution >= 0.6 is 0 Å². The number of nitrogens with zero attached hydrogens (tertiary/aromatic N) is 2. The Balaban J connectivity index is 1.47. The lowest BCUT2D eigenvalue weighted by Gasteiger charge is -2.09. The van der Waals surface area contributed by atoms with E-state index in [9.17, 15) is 4.79 Å². The molecule has 0 unspecified atom stereocenters.